The summed E-state index contributed by atoms with van der Waals surface area (Å²) in [5.41, 5.74) is 0.569. The highest BCUT2D eigenvalue weighted by atomic mass is 16.5. The quantitative estimate of drug-likeness (QED) is 0.334. The number of carbonyl (C=O) groups excluding carboxylic acids is 6. The van der Waals surface area contributed by atoms with Gasteiger partial charge in [0, 0.05) is 24.2 Å². The van der Waals surface area contributed by atoms with Gasteiger partial charge in [-0.05, 0) is 43.5 Å². The molecule has 5 amide bonds. The Bertz CT molecular complexity index is 1090. The average Bonchev–Trinajstić information content (AvgIpc) is 3.00. The maximum Gasteiger partial charge on any atom is 0.411 e. The van der Waals surface area contributed by atoms with Crippen molar-refractivity contribution in [3.05, 3.63) is 29.8 Å². The number of hydrogen-bond acceptors (Lipinski definition) is 8. The van der Waals surface area contributed by atoms with Crippen LogP contribution in [0.4, 0.5) is 10.5 Å². The molecule has 37 heavy (non-hydrogen) atoms. The van der Waals surface area contributed by atoms with Crippen molar-refractivity contribution in [1.29, 1.82) is 0 Å². The first-order chi connectivity index (χ1) is 17.6. The number of hydrogen-bond donors (Lipinski definition) is 4. The molecule has 14 heteroatoms. The number of methoxy groups -OCH3 is 1. The number of aldehydes is 1. The molecule has 0 radical (unpaired) electrons. The van der Waals surface area contributed by atoms with Crippen molar-refractivity contribution in [2.45, 2.75) is 50.2 Å². The molecule has 14 nitrogen and oxygen atoms in total. The second-order valence-electron chi connectivity index (χ2n) is 8.47. The molecule has 4 N–H and O–H groups in total. The van der Waals surface area contributed by atoms with E-state index >= 15 is 0 Å². The number of carbonyl (C=O) groups is 7. The lowest BCUT2D eigenvalue weighted by atomic mass is 10.0. The summed E-state index contributed by atoms with van der Waals surface area (Å²) >= 11 is 0. The van der Waals surface area contributed by atoms with Gasteiger partial charge in [0.1, 0.15) is 18.4 Å². The van der Waals surface area contributed by atoms with Crippen LogP contribution in [0.15, 0.2) is 24.3 Å². The molecule has 3 atom stereocenters. The van der Waals surface area contributed by atoms with Crippen LogP contribution in [-0.4, -0.2) is 88.9 Å². The van der Waals surface area contributed by atoms with Crippen molar-refractivity contribution in [2.24, 2.45) is 0 Å². The van der Waals surface area contributed by atoms with Crippen LogP contribution in [0, 0.1) is 0 Å². The second-order valence-corrected chi connectivity index (χ2v) is 8.47. The third kappa shape index (κ3) is 6.59. The molecule has 0 bridgehead atoms. The van der Waals surface area contributed by atoms with Crippen molar-refractivity contribution in [2.75, 3.05) is 19.0 Å². The summed E-state index contributed by atoms with van der Waals surface area (Å²) in [5.74, 6) is -3.75. The van der Waals surface area contributed by atoms with Crippen LogP contribution in [0.5, 0.6) is 0 Å². The molecule has 2 aliphatic rings. The third-order valence-corrected chi connectivity index (χ3v) is 5.93. The molecule has 2 heterocycles. The third-order valence-electron chi connectivity index (χ3n) is 5.93. The number of ether oxygens (including phenoxy) is 1. The SMILES string of the molecule is COC(=O)Nc1ccc(C(=O)NC2CCC(=O)N3CCCC(C(=O)NC(C=O)CC(=O)O)N3C2=O)cc1. The maximum atomic E-state index is 13.5. The van der Waals surface area contributed by atoms with Crippen molar-refractivity contribution in [3.63, 3.8) is 0 Å². The molecule has 2 aliphatic heterocycles. The van der Waals surface area contributed by atoms with Gasteiger partial charge in [-0.15, -0.1) is 0 Å². The number of rotatable bonds is 8. The Morgan fingerprint density at radius 3 is 2.49 bits per heavy atom. The zero-order valence-electron chi connectivity index (χ0n) is 20.0. The molecule has 2 saturated heterocycles. The first-order valence-electron chi connectivity index (χ1n) is 11.5. The van der Waals surface area contributed by atoms with Crippen LogP contribution in [0.2, 0.25) is 0 Å². The lowest BCUT2D eigenvalue weighted by Crippen LogP contribution is -2.64. The summed E-state index contributed by atoms with van der Waals surface area (Å²) < 4.78 is 4.50. The molecule has 198 valence electrons. The first-order valence-corrected chi connectivity index (χ1v) is 11.5. The Balaban J connectivity index is 1.76. The van der Waals surface area contributed by atoms with Crippen LogP contribution in [0.25, 0.3) is 0 Å². The molecule has 1 aromatic rings. The number of amides is 5. The topological polar surface area (TPSA) is 192 Å². The Labute approximate surface area is 211 Å². The first kappa shape index (κ1) is 27.1. The number of nitrogens with one attached hydrogen (secondary N) is 3. The van der Waals surface area contributed by atoms with Gasteiger partial charge in [0.05, 0.1) is 19.6 Å². The van der Waals surface area contributed by atoms with Gasteiger partial charge in [-0.2, -0.15) is 0 Å². The average molecular weight is 517 g/mol. The number of hydrazine groups is 1. The maximum absolute atomic E-state index is 13.5. The van der Waals surface area contributed by atoms with Crippen LogP contribution < -0.4 is 16.0 Å². The van der Waals surface area contributed by atoms with Gasteiger partial charge in [0.25, 0.3) is 11.8 Å². The van der Waals surface area contributed by atoms with Gasteiger partial charge < -0.3 is 25.3 Å². The van der Waals surface area contributed by atoms with Gasteiger partial charge in [-0.25, -0.2) is 9.80 Å². The molecule has 0 saturated carbocycles. The summed E-state index contributed by atoms with van der Waals surface area (Å²) in [7, 11) is 1.21. The van der Waals surface area contributed by atoms with E-state index in [2.05, 4.69) is 20.7 Å². The zero-order valence-corrected chi connectivity index (χ0v) is 20.0. The van der Waals surface area contributed by atoms with E-state index in [1.807, 2.05) is 0 Å². The van der Waals surface area contributed by atoms with E-state index in [4.69, 9.17) is 5.11 Å². The zero-order chi connectivity index (χ0) is 27.1. The van der Waals surface area contributed by atoms with E-state index in [0.717, 1.165) is 5.01 Å². The summed E-state index contributed by atoms with van der Waals surface area (Å²) in [5, 5.41) is 18.5. The van der Waals surface area contributed by atoms with Gasteiger partial charge in [0.2, 0.25) is 11.8 Å². The Morgan fingerprint density at radius 2 is 1.86 bits per heavy atom. The second kappa shape index (κ2) is 12.0. The van der Waals surface area contributed by atoms with Crippen molar-refractivity contribution >= 4 is 47.7 Å². The van der Waals surface area contributed by atoms with Crippen LogP contribution in [0.1, 0.15) is 42.5 Å². The summed E-state index contributed by atoms with van der Waals surface area (Å²) in [4.78, 5) is 85.4. The van der Waals surface area contributed by atoms with Gasteiger partial charge >= 0.3 is 12.1 Å². The Hall–Kier alpha value is -4.49. The van der Waals surface area contributed by atoms with Gasteiger partial charge in [-0.1, -0.05) is 0 Å². The summed E-state index contributed by atoms with van der Waals surface area (Å²) in [6.07, 6.45) is -0.501. The fraction of sp³-hybridized carbons (Fsp3) is 0.435. The number of benzene rings is 1. The van der Waals surface area contributed by atoms with E-state index in [1.165, 1.54) is 36.4 Å². The Morgan fingerprint density at radius 1 is 1.16 bits per heavy atom. The van der Waals surface area contributed by atoms with Crippen molar-refractivity contribution < 1.29 is 43.4 Å². The van der Waals surface area contributed by atoms with Crippen LogP contribution in [-0.2, 0) is 28.7 Å². The standard InChI is InChI=1S/C23H27N5O9/c1-37-23(36)25-14-6-4-13(5-7-14)20(33)26-16-8-9-18(30)27-10-2-3-17(28(27)22(16)35)21(34)24-15(12-29)11-19(31)32/h4-7,12,15-17H,2-3,8-11H2,1H3,(H,24,34)(H,25,36)(H,26,33)(H,31,32). The number of carboxylic acids is 1. The normalized spacial score (nSPS) is 20.1. The van der Waals surface area contributed by atoms with E-state index in [0.29, 0.717) is 12.1 Å². The molecular weight excluding hydrogens is 490 g/mol. The van der Waals surface area contributed by atoms with Gasteiger partial charge in [0.15, 0.2) is 0 Å². The van der Waals surface area contributed by atoms with Crippen molar-refractivity contribution in [1.82, 2.24) is 20.7 Å². The smallest absolute Gasteiger partial charge is 0.411 e. The summed E-state index contributed by atoms with van der Waals surface area (Å²) in [6.45, 7) is 0.190. The predicted molar refractivity (Wildman–Crippen MR) is 125 cm³/mol. The molecule has 3 rings (SSSR count). The highest BCUT2D eigenvalue weighted by Crippen LogP contribution is 2.25. The van der Waals surface area contributed by atoms with E-state index in [9.17, 15) is 33.6 Å². The fourth-order valence-corrected chi connectivity index (χ4v) is 4.12. The molecule has 1 aromatic carbocycles. The van der Waals surface area contributed by atoms with Gasteiger partial charge in [-0.3, -0.25) is 34.3 Å². The number of nitrogens with zero attached hydrogens (tertiary/aromatic N) is 2. The number of fused-ring (bicyclic) bond motifs is 1. The predicted octanol–water partition coefficient (Wildman–Crippen LogP) is -0.350. The van der Waals surface area contributed by atoms with E-state index in [-0.39, 0.29) is 37.7 Å². The van der Waals surface area contributed by atoms with Crippen LogP contribution >= 0.6 is 0 Å². The largest absolute Gasteiger partial charge is 0.481 e. The number of aliphatic carboxylic acids is 1. The minimum atomic E-state index is -1.30. The molecule has 0 aliphatic carbocycles. The van der Waals surface area contributed by atoms with E-state index < -0.39 is 60.2 Å². The molecule has 3 unspecified atom stereocenters. The van der Waals surface area contributed by atoms with E-state index in [1.54, 1.807) is 0 Å². The minimum Gasteiger partial charge on any atom is -0.481 e. The number of carboxylic acid groups (broad SMARTS) is 1. The minimum absolute atomic E-state index is 0.00268. The highest BCUT2D eigenvalue weighted by Gasteiger charge is 2.44. The highest BCUT2D eigenvalue weighted by molar-refractivity contribution is 6.00. The van der Waals surface area contributed by atoms with Crippen molar-refractivity contribution in [3.8, 4) is 0 Å². The fourth-order valence-electron chi connectivity index (χ4n) is 4.12. The lowest BCUT2D eigenvalue weighted by Gasteiger charge is -2.43. The summed E-state index contributed by atoms with van der Waals surface area (Å²) in [6, 6.07) is 2.21. The Kier molecular flexibility index (Phi) is 8.77. The lowest BCUT2D eigenvalue weighted by molar-refractivity contribution is -0.176. The monoisotopic (exact) mass is 517 g/mol. The molecular formula is C23H27N5O9. The molecule has 0 spiro atoms. The molecule has 2 fully saturated rings. The molecule has 0 aromatic heterocycles. The number of anilines is 1. The van der Waals surface area contributed by atoms with Crippen LogP contribution in [0.3, 0.4) is 0 Å².